The SMILES string of the molecule is CC(C)OP(=O)([O-])CC(=O)C(C)C. The molecule has 0 heterocycles. The van der Waals surface area contributed by atoms with Crippen LogP contribution in [0.15, 0.2) is 0 Å². The van der Waals surface area contributed by atoms with Crippen LogP contribution in [0.2, 0.25) is 0 Å². The Kier molecular flexibility index (Phi) is 4.82. The van der Waals surface area contributed by atoms with Crippen molar-refractivity contribution >= 4 is 13.4 Å². The first-order valence-electron chi connectivity index (χ1n) is 4.26. The lowest BCUT2D eigenvalue weighted by molar-refractivity contribution is -0.201. The second-order valence-corrected chi connectivity index (χ2v) is 5.29. The van der Waals surface area contributed by atoms with Gasteiger partial charge in [0.15, 0.2) is 0 Å². The molecule has 1 atom stereocenters. The van der Waals surface area contributed by atoms with Crippen LogP contribution in [0.1, 0.15) is 27.7 Å². The third-order valence-electron chi connectivity index (χ3n) is 1.36. The molecule has 0 N–H and O–H groups in total. The third-order valence-corrected chi connectivity index (χ3v) is 2.81. The van der Waals surface area contributed by atoms with Crippen LogP contribution in [0.4, 0.5) is 0 Å². The molecule has 1 unspecified atom stereocenters. The van der Waals surface area contributed by atoms with E-state index < -0.39 is 19.9 Å². The summed E-state index contributed by atoms with van der Waals surface area (Å²) in [4.78, 5) is 22.2. The van der Waals surface area contributed by atoms with Gasteiger partial charge in [0.05, 0.1) is 12.3 Å². The number of hydrogen-bond donors (Lipinski definition) is 0. The maximum absolute atomic E-state index is 11.1. The van der Waals surface area contributed by atoms with Gasteiger partial charge in [0, 0.05) is 5.92 Å². The van der Waals surface area contributed by atoms with Crippen LogP contribution >= 0.6 is 7.60 Å². The van der Waals surface area contributed by atoms with E-state index in [0.29, 0.717) is 0 Å². The molecule has 4 nitrogen and oxygen atoms in total. The van der Waals surface area contributed by atoms with Crippen LogP contribution in [-0.4, -0.2) is 18.0 Å². The number of carbonyl (C=O) groups excluding carboxylic acids is 1. The maximum Gasteiger partial charge on any atom is 0.143 e. The monoisotopic (exact) mass is 207 g/mol. The van der Waals surface area contributed by atoms with Crippen LogP contribution in [0.3, 0.4) is 0 Å². The predicted molar refractivity (Wildman–Crippen MR) is 48.5 cm³/mol. The Labute approximate surface area is 78.8 Å². The lowest BCUT2D eigenvalue weighted by atomic mass is 10.1. The van der Waals surface area contributed by atoms with E-state index >= 15 is 0 Å². The first kappa shape index (κ1) is 12.8. The van der Waals surface area contributed by atoms with Crippen molar-refractivity contribution in [1.82, 2.24) is 0 Å². The van der Waals surface area contributed by atoms with E-state index in [2.05, 4.69) is 4.52 Å². The Morgan fingerprint density at radius 1 is 1.38 bits per heavy atom. The molecule has 0 aliphatic rings. The van der Waals surface area contributed by atoms with Crippen LogP contribution in [0.5, 0.6) is 0 Å². The normalized spacial score (nSPS) is 16.2. The number of carbonyl (C=O) groups is 1. The Balaban J connectivity index is 4.18. The summed E-state index contributed by atoms with van der Waals surface area (Å²) >= 11 is 0. The molecule has 0 saturated heterocycles. The van der Waals surface area contributed by atoms with Crippen molar-refractivity contribution in [3.05, 3.63) is 0 Å². The van der Waals surface area contributed by atoms with Crippen molar-refractivity contribution in [2.24, 2.45) is 5.92 Å². The summed E-state index contributed by atoms with van der Waals surface area (Å²) < 4.78 is 15.8. The molecular formula is C8H16O4P-. The summed E-state index contributed by atoms with van der Waals surface area (Å²) in [5, 5.41) is 0. The summed E-state index contributed by atoms with van der Waals surface area (Å²) in [5.41, 5.74) is 0. The van der Waals surface area contributed by atoms with E-state index in [-0.39, 0.29) is 11.7 Å². The minimum atomic E-state index is -3.96. The molecule has 0 aromatic heterocycles. The van der Waals surface area contributed by atoms with Gasteiger partial charge in [0.25, 0.3) is 0 Å². The van der Waals surface area contributed by atoms with Gasteiger partial charge in [-0.3, -0.25) is 4.79 Å². The summed E-state index contributed by atoms with van der Waals surface area (Å²) in [6.45, 7) is 6.56. The van der Waals surface area contributed by atoms with Crippen molar-refractivity contribution < 1.29 is 18.8 Å². The fraction of sp³-hybridized carbons (Fsp3) is 0.875. The van der Waals surface area contributed by atoms with E-state index in [4.69, 9.17) is 0 Å². The topological polar surface area (TPSA) is 66.4 Å². The van der Waals surface area contributed by atoms with Gasteiger partial charge in [-0.25, -0.2) is 0 Å². The highest BCUT2D eigenvalue weighted by Crippen LogP contribution is 2.38. The molecule has 0 bridgehead atoms. The zero-order chi connectivity index (χ0) is 10.6. The number of ketones is 1. The lowest BCUT2D eigenvalue weighted by Crippen LogP contribution is -2.20. The first-order valence-corrected chi connectivity index (χ1v) is 5.98. The maximum atomic E-state index is 11.1. The molecule has 0 radical (unpaired) electrons. The second-order valence-electron chi connectivity index (χ2n) is 3.54. The highest BCUT2D eigenvalue weighted by atomic mass is 31.2. The minimum absolute atomic E-state index is 0.266. The molecule has 0 spiro atoms. The average Bonchev–Trinajstić information content (AvgIpc) is 1.81. The molecule has 0 amide bonds. The van der Waals surface area contributed by atoms with Gasteiger partial charge in [0.1, 0.15) is 13.4 Å². The molecule has 0 fully saturated rings. The number of rotatable bonds is 5. The molecule has 0 saturated carbocycles. The molecule has 13 heavy (non-hydrogen) atoms. The fourth-order valence-electron chi connectivity index (χ4n) is 0.732. The lowest BCUT2D eigenvalue weighted by Gasteiger charge is -2.25. The van der Waals surface area contributed by atoms with Gasteiger partial charge in [-0.1, -0.05) is 13.8 Å². The first-order chi connectivity index (χ1) is 5.74. The summed E-state index contributed by atoms with van der Waals surface area (Å²) in [6, 6.07) is 0. The van der Waals surface area contributed by atoms with Gasteiger partial charge >= 0.3 is 0 Å². The quantitative estimate of drug-likeness (QED) is 0.635. The van der Waals surface area contributed by atoms with Gasteiger partial charge in [-0.05, 0) is 13.8 Å². The molecule has 78 valence electrons. The van der Waals surface area contributed by atoms with Gasteiger partial charge in [-0.2, -0.15) is 0 Å². The highest BCUT2D eigenvalue weighted by Gasteiger charge is 2.18. The molecule has 0 aromatic carbocycles. The smallest absolute Gasteiger partial charge is 0.143 e. The van der Waals surface area contributed by atoms with Gasteiger partial charge < -0.3 is 14.0 Å². The van der Waals surface area contributed by atoms with E-state index in [9.17, 15) is 14.3 Å². The average molecular weight is 207 g/mol. The molecular weight excluding hydrogens is 191 g/mol. The zero-order valence-corrected chi connectivity index (χ0v) is 9.34. The summed E-state index contributed by atoms with van der Waals surface area (Å²) in [6.07, 6.45) is -0.897. The van der Waals surface area contributed by atoms with Gasteiger partial charge in [0.2, 0.25) is 0 Å². The predicted octanol–water partition coefficient (Wildman–Crippen LogP) is 1.19. The third kappa shape index (κ3) is 5.97. The second kappa shape index (κ2) is 4.89. The standard InChI is InChI=1S/C8H17O4P/c1-6(2)8(9)5-13(10,11)12-7(3)4/h6-7H,5H2,1-4H3,(H,10,11)/p-1. The van der Waals surface area contributed by atoms with Crippen molar-refractivity contribution in [3.8, 4) is 0 Å². The zero-order valence-electron chi connectivity index (χ0n) is 8.44. The van der Waals surface area contributed by atoms with Crippen LogP contribution in [-0.2, 0) is 13.9 Å². The summed E-state index contributed by atoms with van der Waals surface area (Å²) in [7, 11) is -3.96. The number of hydrogen-bond acceptors (Lipinski definition) is 4. The van der Waals surface area contributed by atoms with Crippen molar-refractivity contribution in [3.63, 3.8) is 0 Å². The van der Waals surface area contributed by atoms with E-state index in [1.165, 1.54) is 0 Å². The van der Waals surface area contributed by atoms with Crippen LogP contribution < -0.4 is 4.89 Å². The van der Waals surface area contributed by atoms with E-state index in [1.807, 2.05) is 0 Å². The number of Topliss-reactive ketones (excluding diaryl/α,β-unsaturated/α-hetero) is 1. The van der Waals surface area contributed by atoms with Crippen molar-refractivity contribution in [2.45, 2.75) is 33.8 Å². The fourth-order valence-corrected chi connectivity index (χ4v) is 2.20. The molecule has 0 aliphatic heterocycles. The largest absolute Gasteiger partial charge is 0.778 e. The van der Waals surface area contributed by atoms with Crippen LogP contribution in [0.25, 0.3) is 0 Å². The molecule has 0 aromatic rings. The van der Waals surface area contributed by atoms with E-state index in [0.717, 1.165) is 0 Å². The molecule has 0 rings (SSSR count). The Bertz CT molecular complexity index is 222. The highest BCUT2D eigenvalue weighted by molar-refractivity contribution is 7.52. The Morgan fingerprint density at radius 3 is 2.15 bits per heavy atom. The Hall–Kier alpha value is -0.180. The summed E-state index contributed by atoms with van der Waals surface area (Å²) in [5.74, 6) is -0.572. The van der Waals surface area contributed by atoms with E-state index in [1.54, 1.807) is 27.7 Å². The van der Waals surface area contributed by atoms with Gasteiger partial charge in [-0.15, -0.1) is 0 Å². The molecule has 5 heteroatoms. The molecule has 0 aliphatic carbocycles. The van der Waals surface area contributed by atoms with Crippen molar-refractivity contribution in [2.75, 3.05) is 6.16 Å². The minimum Gasteiger partial charge on any atom is -0.778 e. The Morgan fingerprint density at radius 2 is 1.85 bits per heavy atom. The van der Waals surface area contributed by atoms with Crippen LogP contribution in [0, 0.1) is 5.92 Å². The van der Waals surface area contributed by atoms with Crippen molar-refractivity contribution in [1.29, 1.82) is 0 Å².